The number of guanidine groups is 1. The van der Waals surface area contributed by atoms with Crippen molar-refractivity contribution in [1.29, 1.82) is 0 Å². The topological polar surface area (TPSA) is 60.0 Å². The number of hydrogen-bond acceptors (Lipinski definition) is 4. The Balaban J connectivity index is 1.58. The van der Waals surface area contributed by atoms with Crippen LogP contribution >= 0.6 is 11.8 Å². The fourth-order valence-corrected chi connectivity index (χ4v) is 6.29. The predicted octanol–water partition coefficient (Wildman–Crippen LogP) is 2.16. The number of thioether (sulfide) groups is 1. The third kappa shape index (κ3) is 4.78. The molecular weight excluding hydrogens is 370 g/mol. The van der Waals surface area contributed by atoms with Crippen molar-refractivity contribution in [1.82, 2.24) is 20.4 Å². The van der Waals surface area contributed by atoms with E-state index in [1.165, 1.54) is 50.3 Å². The van der Waals surface area contributed by atoms with Gasteiger partial charge in [-0.1, -0.05) is 25.7 Å². The highest BCUT2D eigenvalue weighted by atomic mass is 32.2. The number of nitrogens with zero attached hydrogens (tertiary/aromatic N) is 3. The summed E-state index contributed by atoms with van der Waals surface area (Å²) in [6, 6.07) is 0. The molecule has 3 rings (SSSR count). The molecule has 7 heteroatoms. The molecule has 0 radical (unpaired) electrons. The van der Waals surface area contributed by atoms with E-state index < -0.39 is 0 Å². The lowest BCUT2D eigenvalue weighted by atomic mass is 9.84. The van der Waals surface area contributed by atoms with Crippen molar-refractivity contribution >= 4 is 23.6 Å². The van der Waals surface area contributed by atoms with Crippen molar-refractivity contribution in [2.75, 3.05) is 58.8 Å². The van der Waals surface area contributed by atoms with Crippen LogP contribution in [-0.4, -0.2) is 86.0 Å². The van der Waals surface area contributed by atoms with E-state index in [1.54, 1.807) is 4.90 Å². The average molecular weight is 410 g/mol. The zero-order valence-corrected chi connectivity index (χ0v) is 18.9. The first-order valence-electron chi connectivity index (χ1n) is 11.0. The van der Waals surface area contributed by atoms with E-state index in [4.69, 9.17) is 0 Å². The third-order valence-corrected chi connectivity index (χ3v) is 7.98. The summed E-state index contributed by atoms with van der Waals surface area (Å²) in [5, 5.41) is 7.13. The van der Waals surface area contributed by atoms with Crippen molar-refractivity contribution in [2.24, 2.45) is 10.4 Å². The second kappa shape index (κ2) is 9.70. The molecule has 2 saturated carbocycles. The molecule has 0 bridgehead atoms. The summed E-state index contributed by atoms with van der Waals surface area (Å²) in [6.45, 7) is 4.04. The van der Waals surface area contributed by atoms with Crippen molar-refractivity contribution in [3.05, 3.63) is 0 Å². The maximum absolute atomic E-state index is 12.8. The third-order valence-electron chi connectivity index (χ3n) is 7.04. The lowest BCUT2D eigenvalue weighted by molar-refractivity contribution is -0.138. The van der Waals surface area contributed by atoms with E-state index in [0.717, 1.165) is 38.2 Å². The van der Waals surface area contributed by atoms with Gasteiger partial charge in [0, 0.05) is 64.4 Å². The molecule has 0 atom stereocenters. The summed E-state index contributed by atoms with van der Waals surface area (Å²) in [7, 11) is 5.58. The van der Waals surface area contributed by atoms with E-state index >= 15 is 0 Å². The zero-order chi connectivity index (χ0) is 20.0. The summed E-state index contributed by atoms with van der Waals surface area (Å²) >= 11 is 2.08. The molecule has 2 aliphatic carbocycles. The Bertz CT molecular complexity index is 547. The molecule has 0 aromatic heterocycles. The molecule has 28 heavy (non-hydrogen) atoms. The molecule has 160 valence electrons. The van der Waals surface area contributed by atoms with Crippen molar-refractivity contribution in [3.63, 3.8) is 0 Å². The predicted molar refractivity (Wildman–Crippen MR) is 119 cm³/mol. The van der Waals surface area contributed by atoms with Gasteiger partial charge in [0.15, 0.2) is 5.96 Å². The molecule has 3 aliphatic rings. The van der Waals surface area contributed by atoms with Crippen molar-refractivity contribution < 1.29 is 4.79 Å². The maximum atomic E-state index is 12.8. The minimum absolute atomic E-state index is 0.256. The lowest BCUT2D eigenvalue weighted by Gasteiger charge is -2.44. The fraction of sp³-hybridized carbons (Fsp3) is 0.905. The lowest BCUT2D eigenvalue weighted by Crippen LogP contribution is -2.58. The van der Waals surface area contributed by atoms with Crippen LogP contribution in [0.5, 0.6) is 0 Å². The van der Waals surface area contributed by atoms with Crippen LogP contribution in [0, 0.1) is 5.41 Å². The summed E-state index contributed by atoms with van der Waals surface area (Å²) in [5.74, 6) is 3.61. The van der Waals surface area contributed by atoms with Crippen LogP contribution in [0.2, 0.25) is 0 Å². The van der Waals surface area contributed by atoms with Crippen LogP contribution in [0.4, 0.5) is 0 Å². The van der Waals surface area contributed by atoms with Crippen molar-refractivity contribution in [2.45, 2.75) is 56.9 Å². The van der Waals surface area contributed by atoms with E-state index in [1.807, 2.05) is 21.1 Å². The number of aliphatic imine (C=N–C) groups is 1. The van der Waals surface area contributed by atoms with Gasteiger partial charge in [-0.25, -0.2) is 0 Å². The summed E-state index contributed by atoms with van der Waals surface area (Å²) in [6.07, 6.45) is 9.46. The first kappa shape index (κ1) is 21.8. The molecule has 0 spiro atoms. The van der Waals surface area contributed by atoms with Gasteiger partial charge in [0.1, 0.15) is 0 Å². The second-order valence-electron chi connectivity index (χ2n) is 9.00. The Kier molecular flexibility index (Phi) is 7.54. The SMILES string of the molecule is CN=C(NCC1(C(=O)N(C)C)CCCC1)NCC1(N2CCSCC2)CCCC1. The van der Waals surface area contributed by atoms with Gasteiger partial charge in [0.25, 0.3) is 0 Å². The number of hydrogen-bond donors (Lipinski definition) is 2. The quantitative estimate of drug-likeness (QED) is 0.520. The molecule has 1 saturated heterocycles. The average Bonchev–Trinajstić information content (AvgIpc) is 3.39. The minimum atomic E-state index is -0.268. The highest BCUT2D eigenvalue weighted by Gasteiger charge is 2.43. The maximum Gasteiger partial charge on any atom is 0.230 e. The Morgan fingerprint density at radius 3 is 2.14 bits per heavy atom. The summed E-state index contributed by atoms with van der Waals surface area (Å²) in [5.41, 5.74) is 0.0133. The van der Waals surface area contributed by atoms with E-state index in [0.29, 0.717) is 6.54 Å². The van der Waals surface area contributed by atoms with Crippen LogP contribution in [0.3, 0.4) is 0 Å². The molecule has 1 amide bonds. The van der Waals surface area contributed by atoms with Crippen LogP contribution in [0.15, 0.2) is 4.99 Å². The zero-order valence-electron chi connectivity index (χ0n) is 18.1. The van der Waals surface area contributed by atoms with E-state index in [-0.39, 0.29) is 16.9 Å². The van der Waals surface area contributed by atoms with E-state index in [2.05, 4.69) is 32.3 Å². The minimum Gasteiger partial charge on any atom is -0.355 e. The monoisotopic (exact) mass is 409 g/mol. The normalized spacial score (nSPS) is 24.9. The molecule has 0 aromatic carbocycles. The summed E-state index contributed by atoms with van der Waals surface area (Å²) in [4.78, 5) is 21.8. The smallest absolute Gasteiger partial charge is 0.230 e. The standard InChI is InChI=1S/C21H39N5OS/c1-22-19(23-16-20(8-4-5-9-20)18(27)25(2)3)24-17-21(10-6-7-11-21)26-12-14-28-15-13-26/h4-17H2,1-3H3,(H2,22,23,24). The molecule has 2 N–H and O–H groups in total. The molecule has 1 heterocycles. The molecule has 0 aromatic rings. The van der Waals surface area contributed by atoms with Gasteiger partial charge in [-0.15, -0.1) is 0 Å². The van der Waals surface area contributed by atoms with Gasteiger partial charge >= 0.3 is 0 Å². The molecular formula is C21H39N5OS. The Labute approximate surface area is 175 Å². The van der Waals surface area contributed by atoms with E-state index in [9.17, 15) is 4.79 Å². The number of rotatable bonds is 6. The molecule has 1 aliphatic heterocycles. The van der Waals surface area contributed by atoms with Gasteiger partial charge in [0.2, 0.25) is 5.91 Å². The Hall–Kier alpha value is -0.950. The number of amides is 1. The van der Waals surface area contributed by atoms with Crippen LogP contribution < -0.4 is 10.6 Å². The van der Waals surface area contributed by atoms with Gasteiger partial charge in [0.05, 0.1) is 5.41 Å². The highest BCUT2D eigenvalue weighted by molar-refractivity contribution is 7.99. The Morgan fingerprint density at radius 2 is 1.57 bits per heavy atom. The fourth-order valence-electron chi connectivity index (χ4n) is 5.39. The molecule has 3 fully saturated rings. The van der Waals surface area contributed by atoms with Gasteiger partial charge in [-0.3, -0.25) is 14.7 Å². The first-order valence-corrected chi connectivity index (χ1v) is 12.2. The summed E-state index contributed by atoms with van der Waals surface area (Å²) < 4.78 is 0. The van der Waals surface area contributed by atoms with Gasteiger partial charge in [-0.2, -0.15) is 11.8 Å². The van der Waals surface area contributed by atoms with Crippen molar-refractivity contribution in [3.8, 4) is 0 Å². The van der Waals surface area contributed by atoms with Gasteiger partial charge < -0.3 is 15.5 Å². The Morgan fingerprint density at radius 1 is 1.00 bits per heavy atom. The largest absolute Gasteiger partial charge is 0.355 e. The van der Waals surface area contributed by atoms with Crippen LogP contribution in [0.25, 0.3) is 0 Å². The van der Waals surface area contributed by atoms with Crippen LogP contribution in [0.1, 0.15) is 51.4 Å². The second-order valence-corrected chi connectivity index (χ2v) is 10.2. The van der Waals surface area contributed by atoms with Crippen LogP contribution in [-0.2, 0) is 4.79 Å². The van der Waals surface area contributed by atoms with Gasteiger partial charge in [-0.05, 0) is 25.7 Å². The highest BCUT2D eigenvalue weighted by Crippen LogP contribution is 2.39. The molecule has 0 unspecified atom stereocenters. The number of carbonyl (C=O) groups excluding carboxylic acids is 1. The number of nitrogens with one attached hydrogen (secondary N) is 2. The molecule has 6 nitrogen and oxygen atoms in total. The first-order chi connectivity index (χ1) is 13.5. The number of carbonyl (C=O) groups is 1.